The number of hydrogen-bond acceptors (Lipinski definition) is 3. The summed E-state index contributed by atoms with van der Waals surface area (Å²) < 4.78 is 0. The van der Waals surface area contributed by atoms with Gasteiger partial charge in [-0.2, -0.15) is 0 Å². The zero-order valence-electron chi connectivity index (χ0n) is 10.5. The van der Waals surface area contributed by atoms with Crippen LogP contribution >= 0.6 is 11.6 Å². The van der Waals surface area contributed by atoms with Gasteiger partial charge in [0.2, 0.25) is 0 Å². The SMILES string of the molecule is Oc1cc2c(c3c4c(ccc13)NCC4)C(CCl)CN2. The van der Waals surface area contributed by atoms with Gasteiger partial charge >= 0.3 is 0 Å². The summed E-state index contributed by atoms with van der Waals surface area (Å²) in [5, 5.41) is 19.1. The van der Waals surface area contributed by atoms with Gasteiger partial charge in [0.05, 0.1) is 0 Å². The molecule has 1 atom stereocenters. The maximum Gasteiger partial charge on any atom is 0.125 e. The first-order chi connectivity index (χ1) is 9.29. The zero-order valence-corrected chi connectivity index (χ0v) is 11.2. The number of benzene rings is 2. The lowest BCUT2D eigenvalue weighted by molar-refractivity contribution is 0.482. The molecule has 3 N–H and O–H groups in total. The maximum atomic E-state index is 10.2. The van der Waals surface area contributed by atoms with Gasteiger partial charge in [-0.3, -0.25) is 0 Å². The molecule has 0 saturated carbocycles. The van der Waals surface area contributed by atoms with Crippen molar-refractivity contribution in [2.45, 2.75) is 12.3 Å². The third kappa shape index (κ3) is 1.45. The largest absolute Gasteiger partial charge is 0.507 e. The lowest BCUT2D eigenvalue weighted by Gasteiger charge is -2.14. The monoisotopic (exact) mass is 274 g/mol. The van der Waals surface area contributed by atoms with Crippen LogP contribution in [0.4, 0.5) is 11.4 Å². The van der Waals surface area contributed by atoms with Gasteiger partial charge in [0.1, 0.15) is 5.75 Å². The van der Waals surface area contributed by atoms with E-state index >= 15 is 0 Å². The van der Waals surface area contributed by atoms with Gasteiger partial charge in [-0.25, -0.2) is 0 Å². The van der Waals surface area contributed by atoms with E-state index in [4.69, 9.17) is 11.6 Å². The molecule has 4 heteroatoms. The number of rotatable bonds is 1. The summed E-state index contributed by atoms with van der Waals surface area (Å²) in [5.74, 6) is 1.29. The van der Waals surface area contributed by atoms with E-state index in [0.29, 0.717) is 17.5 Å². The Kier molecular flexibility index (Phi) is 2.33. The van der Waals surface area contributed by atoms with Crippen LogP contribution in [0.25, 0.3) is 10.8 Å². The van der Waals surface area contributed by atoms with Crippen molar-refractivity contribution in [3.63, 3.8) is 0 Å². The Bertz CT molecular complexity index is 684. The normalized spacial score (nSPS) is 19.9. The number of phenols is 1. The van der Waals surface area contributed by atoms with Crippen molar-refractivity contribution in [3.05, 3.63) is 29.3 Å². The summed E-state index contributed by atoms with van der Waals surface area (Å²) in [5.41, 5.74) is 4.84. The molecule has 3 nitrogen and oxygen atoms in total. The highest BCUT2D eigenvalue weighted by Crippen LogP contribution is 2.45. The molecular formula is C15H15ClN2O. The molecule has 2 heterocycles. The third-order valence-electron chi connectivity index (χ3n) is 4.25. The van der Waals surface area contributed by atoms with E-state index in [1.165, 1.54) is 22.2 Å². The Hall–Kier alpha value is -1.61. The summed E-state index contributed by atoms with van der Waals surface area (Å²) in [4.78, 5) is 0. The average Bonchev–Trinajstić information content (AvgIpc) is 3.03. The fourth-order valence-electron chi connectivity index (χ4n) is 3.38. The zero-order chi connectivity index (χ0) is 13.0. The van der Waals surface area contributed by atoms with Crippen LogP contribution in [0.2, 0.25) is 0 Å². The second kappa shape index (κ2) is 3.94. The molecule has 0 aromatic heterocycles. The first kappa shape index (κ1) is 11.2. The molecule has 1 unspecified atom stereocenters. The first-order valence-electron chi connectivity index (χ1n) is 6.64. The van der Waals surface area contributed by atoms with Crippen LogP contribution in [0, 0.1) is 0 Å². The maximum absolute atomic E-state index is 10.2. The van der Waals surface area contributed by atoms with Crippen LogP contribution in [0.15, 0.2) is 18.2 Å². The van der Waals surface area contributed by atoms with Crippen LogP contribution < -0.4 is 10.6 Å². The van der Waals surface area contributed by atoms with Gasteiger partial charge in [0, 0.05) is 47.7 Å². The Morgan fingerprint density at radius 2 is 2.16 bits per heavy atom. The average molecular weight is 275 g/mol. The van der Waals surface area contributed by atoms with Crippen molar-refractivity contribution >= 4 is 33.7 Å². The summed E-state index contributed by atoms with van der Waals surface area (Å²) in [6.45, 7) is 1.83. The second-order valence-corrected chi connectivity index (χ2v) is 5.59. The number of halogens is 1. The van der Waals surface area contributed by atoms with E-state index in [0.717, 1.165) is 30.6 Å². The molecule has 4 rings (SSSR count). The third-order valence-corrected chi connectivity index (χ3v) is 4.63. The van der Waals surface area contributed by atoms with Gasteiger partial charge in [0.15, 0.2) is 0 Å². The number of fused-ring (bicyclic) bond motifs is 5. The molecule has 98 valence electrons. The second-order valence-electron chi connectivity index (χ2n) is 5.28. The van der Waals surface area contributed by atoms with Crippen LogP contribution in [-0.2, 0) is 6.42 Å². The van der Waals surface area contributed by atoms with Crippen LogP contribution in [0.5, 0.6) is 5.75 Å². The Morgan fingerprint density at radius 3 is 3.00 bits per heavy atom. The molecule has 0 bridgehead atoms. The Morgan fingerprint density at radius 1 is 1.26 bits per heavy atom. The first-order valence-corrected chi connectivity index (χ1v) is 7.18. The lowest BCUT2D eigenvalue weighted by Crippen LogP contribution is -2.03. The Balaban J connectivity index is 2.14. The predicted molar refractivity (Wildman–Crippen MR) is 79.8 cm³/mol. The molecule has 0 amide bonds. The fraction of sp³-hybridized carbons (Fsp3) is 0.333. The summed E-state index contributed by atoms with van der Waals surface area (Å²) in [6, 6.07) is 5.90. The van der Waals surface area contributed by atoms with Crippen LogP contribution in [0.1, 0.15) is 17.0 Å². The summed E-state index contributed by atoms with van der Waals surface area (Å²) in [6.07, 6.45) is 1.01. The van der Waals surface area contributed by atoms with Crippen LogP contribution in [-0.4, -0.2) is 24.1 Å². The summed E-state index contributed by atoms with van der Waals surface area (Å²) >= 11 is 6.11. The number of aromatic hydroxyl groups is 1. The highest BCUT2D eigenvalue weighted by atomic mass is 35.5. The van der Waals surface area contributed by atoms with Crippen molar-refractivity contribution in [2.24, 2.45) is 0 Å². The molecule has 19 heavy (non-hydrogen) atoms. The quantitative estimate of drug-likeness (QED) is 0.700. The number of nitrogens with one attached hydrogen (secondary N) is 2. The minimum atomic E-state index is 0.326. The van der Waals surface area contributed by atoms with E-state index in [9.17, 15) is 5.11 Å². The van der Waals surface area contributed by atoms with Gasteiger partial charge in [-0.15, -0.1) is 11.6 Å². The molecule has 2 aromatic carbocycles. The minimum Gasteiger partial charge on any atom is -0.507 e. The van der Waals surface area contributed by atoms with Gasteiger partial charge in [-0.1, -0.05) is 0 Å². The van der Waals surface area contributed by atoms with Gasteiger partial charge in [0.25, 0.3) is 0 Å². The van der Waals surface area contributed by atoms with E-state index in [2.05, 4.69) is 16.7 Å². The number of phenolic OH excluding ortho intramolecular Hbond substituents is 1. The smallest absolute Gasteiger partial charge is 0.125 e. The number of anilines is 2. The molecular weight excluding hydrogens is 260 g/mol. The number of alkyl halides is 1. The van der Waals surface area contributed by atoms with Crippen molar-refractivity contribution in [1.29, 1.82) is 0 Å². The predicted octanol–water partition coefficient (Wildman–Crippen LogP) is 3.26. The molecule has 0 saturated heterocycles. The van der Waals surface area contributed by atoms with Crippen molar-refractivity contribution in [1.82, 2.24) is 0 Å². The standard InChI is InChI=1S/C15H15ClN2O/c16-6-8-7-18-12-5-13(19)10-1-2-11-9(3-4-17-11)15(10)14(8)12/h1-2,5,8,17-19H,3-4,6-7H2. The molecule has 2 aliphatic heterocycles. The van der Waals surface area contributed by atoms with E-state index in [1.54, 1.807) is 0 Å². The summed E-state index contributed by atoms with van der Waals surface area (Å²) in [7, 11) is 0. The molecule has 0 fully saturated rings. The van der Waals surface area contributed by atoms with Crippen molar-refractivity contribution in [3.8, 4) is 5.75 Å². The molecule has 0 radical (unpaired) electrons. The van der Waals surface area contributed by atoms with E-state index in [1.807, 2.05) is 12.1 Å². The van der Waals surface area contributed by atoms with Gasteiger partial charge in [-0.05, 0) is 35.1 Å². The van der Waals surface area contributed by atoms with Crippen molar-refractivity contribution < 1.29 is 5.11 Å². The van der Waals surface area contributed by atoms with Crippen LogP contribution in [0.3, 0.4) is 0 Å². The molecule has 2 aliphatic rings. The molecule has 0 spiro atoms. The topological polar surface area (TPSA) is 44.3 Å². The Labute approximate surface area is 116 Å². The van der Waals surface area contributed by atoms with E-state index in [-0.39, 0.29) is 0 Å². The highest BCUT2D eigenvalue weighted by Gasteiger charge is 2.28. The highest BCUT2D eigenvalue weighted by molar-refractivity contribution is 6.19. The lowest BCUT2D eigenvalue weighted by atomic mass is 9.91. The molecule has 2 aromatic rings. The fourth-order valence-corrected chi connectivity index (χ4v) is 3.64. The number of hydrogen-bond donors (Lipinski definition) is 3. The minimum absolute atomic E-state index is 0.326. The van der Waals surface area contributed by atoms with Crippen molar-refractivity contribution in [2.75, 3.05) is 29.6 Å². The van der Waals surface area contributed by atoms with E-state index < -0.39 is 0 Å². The molecule has 0 aliphatic carbocycles. The van der Waals surface area contributed by atoms with Gasteiger partial charge < -0.3 is 15.7 Å².